The van der Waals surface area contributed by atoms with Crippen LogP contribution in [0.25, 0.3) is 6.20 Å². The predicted octanol–water partition coefficient (Wildman–Crippen LogP) is 2.75. The van der Waals surface area contributed by atoms with E-state index < -0.39 is 0 Å². The first-order valence-electron chi connectivity index (χ1n) is 6.04. The number of carbonyl (C=O) groups excluding carboxylic acids is 1. The highest BCUT2D eigenvalue weighted by molar-refractivity contribution is 6.03. The molecule has 2 rings (SSSR count). The molecular weight excluding hydrogens is 240 g/mol. The highest BCUT2D eigenvalue weighted by atomic mass is 16.1. The summed E-state index contributed by atoms with van der Waals surface area (Å²) in [6.07, 6.45) is 6.28. The molecule has 0 atom stereocenters. The molecule has 0 saturated carbocycles. The van der Waals surface area contributed by atoms with E-state index in [9.17, 15) is 4.79 Å². The van der Waals surface area contributed by atoms with Crippen LogP contribution in [0.15, 0.2) is 37.3 Å². The van der Waals surface area contributed by atoms with Crippen LogP contribution in [0.3, 0.4) is 0 Å². The SMILES string of the molecule is C=Cn1cc(C(=O)Nc2ccc(C(C)C)nc2)cn1. The lowest BCUT2D eigenvalue weighted by Crippen LogP contribution is -2.11. The number of amides is 1. The topological polar surface area (TPSA) is 59.8 Å². The second kappa shape index (κ2) is 5.48. The Morgan fingerprint density at radius 3 is 2.74 bits per heavy atom. The number of carbonyl (C=O) groups is 1. The summed E-state index contributed by atoms with van der Waals surface area (Å²) < 4.78 is 1.48. The zero-order valence-corrected chi connectivity index (χ0v) is 11.0. The molecule has 1 amide bonds. The smallest absolute Gasteiger partial charge is 0.258 e. The monoisotopic (exact) mass is 256 g/mol. The Bertz CT molecular complexity index is 584. The molecule has 0 aliphatic carbocycles. The third-order valence-corrected chi connectivity index (χ3v) is 2.69. The van der Waals surface area contributed by atoms with Gasteiger partial charge in [-0.2, -0.15) is 5.10 Å². The third-order valence-electron chi connectivity index (χ3n) is 2.69. The lowest BCUT2D eigenvalue weighted by Gasteiger charge is -2.06. The predicted molar refractivity (Wildman–Crippen MR) is 74.9 cm³/mol. The number of rotatable bonds is 4. The number of nitrogens with zero attached hydrogens (tertiary/aromatic N) is 3. The van der Waals surface area contributed by atoms with E-state index in [1.165, 1.54) is 17.1 Å². The molecule has 0 saturated heterocycles. The summed E-state index contributed by atoms with van der Waals surface area (Å²) in [5.41, 5.74) is 2.14. The van der Waals surface area contributed by atoms with Crippen LogP contribution < -0.4 is 5.32 Å². The van der Waals surface area contributed by atoms with Gasteiger partial charge in [-0.3, -0.25) is 9.78 Å². The molecule has 0 aliphatic heterocycles. The molecule has 0 spiro atoms. The van der Waals surface area contributed by atoms with E-state index in [0.717, 1.165) is 5.69 Å². The third kappa shape index (κ3) is 3.07. The van der Waals surface area contributed by atoms with Crippen molar-refractivity contribution in [2.75, 3.05) is 5.32 Å². The Hall–Kier alpha value is -2.43. The van der Waals surface area contributed by atoms with Crippen molar-refractivity contribution in [3.63, 3.8) is 0 Å². The summed E-state index contributed by atoms with van der Waals surface area (Å²) in [6.45, 7) is 7.72. The van der Waals surface area contributed by atoms with Gasteiger partial charge in [-0.15, -0.1) is 0 Å². The highest BCUT2D eigenvalue weighted by Gasteiger charge is 2.09. The Balaban J connectivity index is 2.08. The van der Waals surface area contributed by atoms with Crippen molar-refractivity contribution in [2.45, 2.75) is 19.8 Å². The van der Waals surface area contributed by atoms with Crippen LogP contribution in [0.5, 0.6) is 0 Å². The second-order valence-electron chi connectivity index (χ2n) is 4.47. The summed E-state index contributed by atoms with van der Waals surface area (Å²) in [5, 5.41) is 6.73. The van der Waals surface area contributed by atoms with Crippen LogP contribution >= 0.6 is 0 Å². The van der Waals surface area contributed by atoms with Gasteiger partial charge >= 0.3 is 0 Å². The molecular formula is C14H16N4O. The van der Waals surface area contributed by atoms with Gasteiger partial charge in [-0.05, 0) is 18.1 Å². The van der Waals surface area contributed by atoms with Crippen molar-refractivity contribution in [3.8, 4) is 0 Å². The molecule has 98 valence electrons. The zero-order valence-electron chi connectivity index (χ0n) is 11.0. The van der Waals surface area contributed by atoms with Crippen LogP contribution in [0.2, 0.25) is 0 Å². The van der Waals surface area contributed by atoms with E-state index in [-0.39, 0.29) is 5.91 Å². The number of hydrogen-bond donors (Lipinski definition) is 1. The van der Waals surface area contributed by atoms with Crippen molar-refractivity contribution in [1.82, 2.24) is 14.8 Å². The van der Waals surface area contributed by atoms with E-state index >= 15 is 0 Å². The fourth-order valence-corrected chi connectivity index (χ4v) is 1.58. The van der Waals surface area contributed by atoms with Crippen LogP contribution in [0, 0.1) is 0 Å². The maximum Gasteiger partial charge on any atom is 0.258 e. The fourth-order valence-electron chi connectivity index (χ4n) is 1.58. The molecule has 0 bridgehead atoms. The standard InChI is InChI=1S/C14H16N4O/c1-4-18-9-11(7-16-18)14(19)17-12-5-6-13(10(2)3)15-8-12/h4-10H,1H2,2-3H3,(H,17,19). The molecule has 2 heterocycles. The zero-order chi connectivity index (χ0) is 13.8. The summed E-state index contributed by atoms with van der Waals surface area (Å²) in [6, 6.07) is 3.76. The maximum absolute atomic E-state index is 11.9. The maximum atomic E-state index is 11.9. The molecule has 0 fully saturated rings. The van der Waals surface area contributed by atoms with Gasteiger partial charge in [-0.1, -0.05) is 20.4 Å². The van der Waals surface area contributed by atoms with Crippen molar-refractivity contribution >= 4 is 17.8 Å². The first-order chi connectivity index (χ1) is 9.10. The van der Waals surface area contributed by atoms with E-state index in [0.29, 0.717) is 17.2 Å². The number of aromatic nitrogens is 3. The molecule has 0 unspecified atom stereocenters. The number of pyridine rings is 1. The van der Waals surface area contributed by atoms with Crippen LogP contribution in [0.1, 0.15) is 35.8 Å². The average Bonchev–Trinajstić information content (AvgIpc) is 2.88. The van der Waals surface area contributed by atoms with Gasteiger partial charge in [0.25, 0.3) is 5.91 Å². The highest BCUT2D eigenvalue weighted by Crippen LogP contribution is 2.14. The van der Waals surface area contributed by atoms with Crippen molar-refractivity contribution in [2.24, 2.45) is 0 Å². The Morgan fingerprint density at radius 1 is 1.42 bits per heavy atom. The van der Waals surface area contributed by atoms with E-state index in [1.807, 2.05) is 12.1 Å². The van der Waals surface area contributed by atoms with Gasteiger partial charge in [0.15, 0.2) is 0 Å². The fraction of sp³-hybridized carbons (Fsp3) is 0.214. The number of hydrogen-bond acceptors (Lipinski definition) is 3. The summed E-state index contributed by atoms with van der Waals surface area (Å²) >= 11 is 0. The normalized spacial score (nSPS) is 10.5. The molecule has 5 heteroatoms. The summed E-state index contributed by atoms with van der Waals surface area (Å²) in [5.74, 6) is 0.155. The largest absolute Gasteiger partial charge is 0.320 e. The van der Waals surface area contributed by atoms with Gasteiger partial charge < -0.3 is 5.32 Å². The van der Waals surface area contributed by atoms with Crippen LogP contribution in [-0.2, 0) is 0 Å². The minimum absolute atomic E-state index is 0.216. The van der Waals surface area contributed by atoms with Crippen LogP contribution in [-0.4, -0.2) is 20.7 Å². The lowest BCUT2D eigenvalue weighted by molar-refractivity contribution is 0.102. The van der Waals surface area contributed by atoms with Gasteiger partial charge in [0.2, 0.25) is 0 Å². The van der Waals surface area contributed by atoms with Crippen molar-refractivity contribution in [1.29, 1.82) is 0 Å². The minimum Gasteiger partial charge on any atom is -0.320 e. The minimum atomic E-state index is -0.216. The van der Waals surface area contributed by atoms with E-state index in [1.54, 1.807) is 12.4 Å². The van der Waals surface area contributed by atoms with E-state index in [4.69, 9.17) is 0 Å². The van der Waals surface area contributed by atoms with Gasteiger partial charge in [0.05, 0.1) is 23.6 Å². The first kappa shape index (κ1) is 13.0. The first-order valence-corrected chi connectivity index (χ1v) is 6.04. The molecule has 5 nitrogen and oxygen atoms in total. The Kier molecular flexibility index (Phi) is 3.75. The quantitative estimate of drug-likeness (QED) is 0.915. The summed E-state index contributed by atoms with van der Waals surface area (Å²) in [4.78, 5) is 16.2. The molecule has 0 aromatic carbocycles. The van der Waals surface area contributed by atoms with Crippen LogP contribution in [0.4, 0.5) is 5.69 Å². The second-order valence-corrected chi connectivity index (χ2v) is 4.47. The van der Waals surface area contributed by atoms with Gasteiger partial charge in [0, 0.05) is 18.1 Å². The summed E-state index contributed by atoms with van der Waals surface area (Å²) in [7, 11) is 0. The number of anilines is 1. The molecule has 0 aliphatic rings. The Morgan fingerprint density at radius 2 is 2.21 bits per heavy atom. The average molecular weight is 256 g/mol. The Labute approximate surface area is 112 Å². The van der Waals surface area contributed by atoms with E-state index in [2.05, 4.69) is 35.8 Å². The molecule has 2 aromatic heterocycles. The van der Waals surface area contributed by atoms with Gasteiger partial charge in [0.1, 0.15) is 0 Å². The molecule has 19 heavy (non-hydrogen) atoms. The van der Waals surface area contributed by atoms with Gasteiger partial charge in [-0.25, -0.2) is 4.68 Å². The molecule has 0 radical (unpaired) electrons. The van der Waals surface area contributed by atoms with Crippen molar-refractivity contribution in [3.05, 3.63) is 48.6 Å². The lowest BCUT2D eigenvalue weighted by atomic mass is 10.1. The molecule has 2 aromatic rings. The molecule has 1 N–H and O–H groups in total. The van der Waals surface area contributed by atoms with Crippen molar-refractivity contribution < 1.29 is 4.79 Å². The number of nitrogens with one attached hydrogen (secondary N) is 1.